The van der Waals surface area contributed by atoms with Crippen molar-refractivity contribution >= 4 is 16.9 Å². The van der Waals surface area contributed by atoms with Gasteiger partial charge in [0.05, 0.1) is 12.5 Å². The van der Waals surface area contributed by atoms with Gasteiger partial charge in [-0.15, -0.1) is 0 Å². The molecule has 4 aromatic rings. The fourth-order valence-electron chi connectivity index (χ4n) is 4.32. The summed E-state index contributed by atoms with van der Waals surface area (Å²) in [5, 5.41) is 20.2. The predicted octanol–water partition coefficient (Wildman–Crippen LogP) is 5.10. The lowest BCUT2D eigenvalue weighted by atomic mass is 9.84. The molecule has 3 aromatic carbocycles. The van der Waals surface area contributed by atoms with E-state index in [2.05, 4.69) is 0 Å². The second-order valence-corrected chi connectivity index (χ2v) is 8.47. The van der Waals surface area contributed by atoms with Crippen LogP contribution >= 0.6 is 0 Å². The number of para-hydroxylation sites is 1. The Hall–Kier alpha value is -4.26. The largest absolute Gasteiger partial charge is 0.508 e. The van der Waals surface area contributed by atoms with Gasteiger partial charge in [0.1, 0.15) is 39.7 Å². The first-order chi connectivity index (χ1) is 16.3. The minimum atomic E-state index is -0.521. The highest BCUT2D eigenvalue weighted by molar-refractivity contribution is 5.93. The Morgan fingerprint density at radius 2 is 1.74 bits per heavy atom. The number of phenols is 2. The number of rotatable bonds is 4. The summed E-state index contributed by atoms with van der Waals surface area (Å²) in [6, 6.07) is 16.2. The Kier molecular flexibility index (Phi) is 5.24. The van der Waals surface area contributed by atoms with Gasteiger partial charge in [-0.2, -0.15) is 0 Å². The number of ether oxygens (including phenoxy) is 2. The van der Waals surface area contributed by atoms with Crippen LogP contribution in [0.1, 0.15) is 37.3 Å². The molecule has 0 amide bonds. The van der Waals surface area contributed by atoms with E-state index in [4.69, 9.17) is 13.9 Å². The molecule has 0 saturated heterocycles. The summed E-state index contributed by atoms with van der Waals surface area (Å²) in [6.45, 7) is 3.83. The molecule has 0 unspecified atom stereocenters. The first kappa shape index (κ1) is 21.6. The van der Waals surface area contributed by atoms with Crippen molar-refractivity contribution in [1.29, 1.82) is 0 Å². The number of benzene rings is 3. The monoisotopic (exact) mass is 458 g/mol. The van der Waals surface area contributed by atoms with Crippen LogP contribution < -0.4 is 14.9 Å². The molecule has 0 radical (unpaired) electrons. The van der Waals surface area contributed by atoms with Crippen molar-refractivity contribution < 1.29 is 28.9 Å². The molecule has 7 nitrogen and oxygen atoms in total. The zero-order chi connectivity index (χ0) is 24.0. The molecule has 1 aromatic heterocycles. The van der Waals surface area contributed by atoms with Crippen molar-refractivity contribution in [3.63, 3.8) is 0 Å². The Morgan fingerprint density at radius 3 is 2.47 bits per heavy atom. The van der Waals surface area contributed by atoms with Gasteiger partial charge < -0.3 is 24.1 Å². The van der Waals surface area contributed by atoms with Crippen molar-refractivity contribution in [2.45, 2.75) is 32.3 Å². The van der Waals surface area contributed by atoms with Gasteiger partial charge >= 0.3 is 5.97 Å². The SMILES string of the molecule is CC(C)Oc1ccccc1[C@H]1CC(=O)Oc2cc(O)c3c(=O)cc(-c4ccc(O)cc4)oc3c21. The van der Waals surface area contributed by atoms with Crippen LogP contribution in [0, 0.1) is 0 Å². The topological polar surface area (TPSA) is 106 Å². The minimum Gasteiger partial charge on any atom is -0.508 e. The molecule has 172 valence electrons. The van der Waals surface area contributed by atoms with Crippen LogP contribution in [0.5, 0.6) is 23.0 Å². The molecule has 1 atom stereocenters. The minimum absolute atomic E-state index is 0.00601. The average Bonchev–Trinajstić information content (AvgIpc) is 2.78. The van der Waals surface area contributed by atoms with Crippen LogP contribution in [0.4, 0.5) is 0 Å². The van der Waals surface area contributed by atoms with Gasteiger partial charge in [-0.1, -0.05) is 18.2 Å². The van der Waals surface area contributed by atoms with E-state index in [1.165, 1.54) is 24.3 Å². The van der Waals surface area contributed by atoms with Crippen LogP contribution in [0.3, 0.4) is 0 Å². The van der Waals surface area contributed by atoms with Crippen molar-refractivity contribution in [1.82, 2.24) is 0 Å². The summed E-state index contributed by atoms with van der Waals surface area (Å²) >= 11 is 0. The van der Waals surface area contributed by atoms with Crippen LogP contribution in [-0.4, -0.2) is 22.3 Å². The number of esters is 1. The van der Waals surface area contributed by atoms with Crippen molar-refractivity contribution in [3.05, 3.63) is 82.0 Å². The van der Waals surface area contributed by atoms with Crippen LogP contribution in [-0.2, 0) is 4.79 Å². The molecular weight excluding hydrogens is 436 g/mol. The van der Waals surface area contributed by atoms with Gasteiger partial charge in [-0.05, 0) is 44.2 Å². The van der Waals surface area contributed by atoms with Crippen molar-refractivity contribution in [2.75, 3.05) is 0 Å². The number of carbonyl (C=O) groups is 1. The highest BCUT2D eigenvalue weighted by Gasteiger charge is 2.35. The molecule has 0 bridgehead atoms. The third-order valence-electron chi connectivity index (χ3n) is 5.73. The molecule has 5 rings (SSSR count). The zero-order valence-corrected chi connectivity index (χ0v) is 18.6. The van der Waals surface area contributed by atoms with E-state index in [-0.39, 0.29) is 46.5 Å². The standard InChI is InChI=1S/C27H22O7/c1-14(2)32-21-6-4-3-5-17(21)18-11-24(31)33-23-13-20(30)26-19(29)12-22(34-27(26)25(18)23)15-7-9-16(28)10-8-15/h3-10,12-14,18,28,30H,11H2,1-2H3/t18-/m1/s1. The van der Waals surface area contributed by atoms with Crippen LogP contribution in [0.25, 0.3) is 22.3 Å². The number of fused-ring (bicyclic) bond motifs is 3. The molecule has 0 spiro atoms. The molecule has 1 aliphatic heterocycles. The molecule has 2 N–H and O–H groups in total. The average molecular weight is 458 g/mol. The van der Waals surface area contributed by atoms with Gasteiger partial charge in [0.25, 0.3) is 0 Å². The van der Waals surface area contributed by atoms with Gasteiger partial charge in [0.15, 0.2) is 5.43 Å². The first-order valence-electron chi connectivity index (χ1n) is 10.9. The molecule has 1 aliphatic rings. The summed E-state index contributed by atoms with van der Waals surface area (Å²) < 4.78 is 17.6. The number of hydrogen-bond donors (Lipinski definition) is 2. The third kappa shape index (κ3) is 3.75. The van der Waals surface area contributed by atoms with E-state index in [1.54, 1.807) is 12.1 Å². The number of aromatic hydroxyl groups is 2. The van der Waals surface area contributed by atoms with E-state index >= 15 is 0 Å². The molecule has 34 heavy (non-hydrogen) atoms. The lowest BCUT2D eigenvalue weighted by Crippen LogP contribution is -2.22. The number of phenolic OH excluding ortho intramolecular Hbond substituents is 2. The Morgan fingerprint density at radius 1 is 1.00 bits per heavy atom. The molecule has 2 heterocycles. The summed E-state index contributed by atoms with van der Waals surface area (Å²) in [7, 11) is 0. The lowest BCUT2D eigenvalue weighted by molar-refractivity contribution is -0.135. The van der Waals surface area contributed by atoms with E-state index in [1.807, 2.05) is 38.1 Å². The second-order valence-electron chi connectivity index (χ2n) is 8.47. The highest BCUT2D eigenvalue weighted by Crippen LogP contribution is 2.47. The zero-order valence-electron chi connectivity index (χ0n) is 18.6. The van der Waals surface area contributed by atoms with Gasteiger partial charge in [-0.25, -0.2) is 0 Å². The summed E-state index contributed by atoms with van der Waals surface area (Å²) in [5.74, 6) is -0.235. The second kappa shape index (κ2) is 8.26. The van der Waals surface area contributed by atoms with E-state index in [0.29, 0.717) is 16.9 Å². The Balaban J connectivity index is 1.80. The van der Waals surface area contributed by atoms with E-state index < -0.39 is 17.3 Å². The molecule has 0 aliphatic carbocycles. The highest BCUT2D eigenvalue weighted by atomic mass is 16.5. The quantitative estimate of drug-likeness (QED) is 0.324. The lowest BCUT2D eigenvalue weighted by Gasteiger charge is -2.27. The fraction of sp³-hybridized carbons (Fsp3) is 0.185. The maximum Gasteiger partial charge on any atom is 0.312 e. The maximum absolute atomic E-state index is 13.1. The van der Waals surface area contributed by atoms with Gasteiger partial charge in [0.2, 0.25) is 0 Å². The molecule has 7 heteroatoms. The van der Waals surface area contributed by atoms with Crippen molar-refractivity contribution in [2.24, 2.45) is 0 Å². The van der Waals surface area contributed by atoms with Gasteiger partial charge in [0, 0.05) is 34.7 Å². The molecule has 0 fully saturated rings. The molecule has 0 saturated carbocycles. The van der Waals surface area contributed by atoms with Gasteiger partial charge in [-0.3, -0.25) is 9.59 Å². The first-order valence-corrected chi connectivity index (χ1v) is 10.9. The molecular formula is C27H22O7. The summed E-state index contributed by atoms with van der Waals surface area (Å²) in [6.07, 6.45) is -0.0786. The predicted molar refractivity (Wildman–Crippen MR) is 126 cm³/mol. The maximum atomic E-state index is 13.1. The smallest absolute Gasteiger partial charge is 0.312 e. The summed E-state index contributed by atoms with van der Waals surface area (Å²) in [4.78, 5) is 25.6. The van der Waals surface area contributed by atoms with E-state index in [0.717, 1.165) is 5.56 Å². The summed E-state index contributed by atoms with van der Waals surface area (Å²) in [5.41, 5.74) is 1.51. The number of hydrogen-bond acceptors (Lipinski definition) is 7. The normalized spacial score (nSPS) is 15.3. The number of carbonyl (C=O) groups excluding carboxylic acids is 1. The van der Waals surface area contributed by atoms with Crippen LogP contribution in [0.15, 0.2) is 69.9 Å². The van der Waals surface area contributed by atoms with Crippen molar-refractivity contribution in [3.8, 4) is 34.3 Å². The Bertz CT molecular complexity index is 1470. The third-order valence-corrected chi connectivity index (χ3v) is 5.73. The Labute approximate surface area is 194 Å². The van der Waals surface area contributed by atoms with Crippen LogP contribution in [0.2, 0.25) is 0 Å². The fourth-order valence-corrected chi connectivity index (χ4v) is 4.32. The van der Waals surface area contributed by atoms with E-state index in [9.17, 15) is 19.8 Å².